The van der Waals surface area contributed by atoms with Gasteiger partial charge in [0, 0.05) is 12.6 Å². The Morgan fingerprint density at radius 1 is 1.57 bits per heavy atom. The number of hydrazine groups is 1. The molecule has 0 aromatic rings. The molecule has 0 aliphatic heterocycles. The first kappa shape index (κ1) is 11.3. The van der Waals surface area contributed by atoms with E-state index in [1.54, 1.807) is 0 Å². The summed E-state index contributed by atoms with van der Waals surface area (Å²) in [5.41, 5.74) is 2.96. The Morgan fingerprint density at radius 3 is 2.71 bits per heavy atom. The quantitative estimate of drug-likeness (QED) is 0.268. The molecule has 0 aromatic heterocycles. The van der Waals surface area contributed by atoms with Crippen LogP contribution in [0.1, 0.15) is 40.0 Å². The molecule has 0 radical (unpaired) electrons. The van der Waals surface area contributed by atoms with Gasteiger partial charge in [-0.2, -0.15) is 0 Å². The molecule has 4 N–H and O–H groups in total. The molecule has 0 saturated heterocycles. The maximum absolute atomic E-state index is 5.38. The van der Waals surface area contributed by atoms with Gasteiger partial charge >= 0.3 is 0 Å². The van der Waals surface area contributed by atoms with Gasteiger partial charge in [0.1, 0.15) is 0 Å². The van der Waals surface area contributed by atoms with Crippen molar-refractivity contribution in [1.29, 1.82) is 0 Å². The van der Waals surface area contributed by atoms with Gasteiger partial charge in [0.25, 0.3) is 0 Å². The lowest BCUT2D eigenvalue weighted by molar-refractivity contribution is 0.309. The average molecular weight is 198 g/mol. The van der Waals surface area contributed by atoms with Crippen LogP contribution in [0.2, 0.25) is 0 Å². The molecule has 1 atom stereocenters. The molecule has 1 fully saturated rings. The molecule has 0 heterocycles. The zero-order valence-corrected chi connectivity index (χ0v) is 9.43. The van der Waals surface area contributed by atoms with Crippen molar-refractivity contribution in [1.82, 2.24) is 10.7 Å². The maximum Gasteiger partial charge on any atom is 0.205 e. The molecule has 0 bridgehead atoms. The van der Waals surface area contributed by atoms with Crippen molar-refractivity contribution < 1.29 is 0 Å². The van der Waals surface area contributed by atoms with Crippen LogP contribution in [0.5, 0.6) is 0 Å². The molecule has 1 rings (SSSR count). The Balaban J connectivity index is 2.54. The fraction of sp³-hybridized carbons (Fsp3) is 0.900. The highest BCUT2D eigenvalue weighted by atomic mass is 15.3. The molecular formula is C10H22N4. The van der Waals surface area contributed by atoms with Crippen molar-refractivity contribution >= 4 is 5.96 Å². The van der Waals surface area contributed by atoms with Gasteiger partial charge in [-0.15, -0.1) is 0 Å². The summed E-state index contributed by atoms with van der Waals surface area (Å²) >= 11 is 0. The first-order valence-corrected chi connectivity index (χ1v) is 5.37. The standard InChI is InChI=1S/C10H22N4/c1-4-12-9(14-11)13-8-6-5-7-10(8,2)3/h8H,4-7,11H2,1-3H3,(H2,12,13,14). The number of guanidine groups is 1. The SMILES string of the molecule is CCN=C(NN)NC1CCCC1(C)C. The summed E-state index contributed by atoms with van der Waals surface area (Å²) in [6.45, 7) is 7.33. The molecule has 82 valence electrons. The molecule has 1 saturated carbocycles. The normalized spacial score (nSPS) is 26.3. The van der Waals surface area contributed by atoms with Crippen molar-refractivity contribution in [3.05, 3.63) is 0 Å². The summed E-state index contributed by atoms with van der Waals surface area (Å²) in [5.74, 6) is 6.10. The molecular weight excluding hydrogens is 176 g/mol. The van der Waals surface area contributed by atoms with E-state index >= 15 is 0 Å². The number of hydrogen-bond acceptors (Lipinski definition) is 2. The van der Waals surface area contributed by atoms with Crippen molar-refractivity contribution in [2.24, 2.45) is 16.3 Å². The number of aliphatic imine (C=N–C) groups is 1. The minimum atomic E-state index is 0.353. The van der Waals surface area contributed by atoms with Crippen molar-refractivity contribution in [3.63, 3.8) is 0 Å². The Bertz CT molecular complexity index is 210. The smallest absolute Gasteiger partial charge is 0.205 e. The van der Waals surface area contributed by atoms with Gasteiger partial charge in [0.2, 0.25) is 5.96 Å². The Kier molecular flexibility index (Phi) is 3.75. The van der Waals surface area contributed by atoms with Crippen molar-refractivity contribution in [3.8, 4) is 0 Å². The van der Waals surface area contributed by atoms with E-state index < -0.39 is 0 Å². The Morgan fingerprint density at radius 2 is 2.29 bits per heavy atom. The van der Waals surface area contributed by atoms with Gasteiger partial charge < -0.3 is 5.32 Å². The Hall–Kier alpha value is -0.770. The van der Waals surface area contributed by atoms with Gasteiger partial charge in [-0.1, -0.05) is 20.3 Å². The van der Waals surface area contributed by atoms with Crippen LogP contribution < -0.4 is 16.6 Å². The summed E-state index contributed by atoms with van der Waals surface area (Å²) in [6.07, 6.45) is 3.76. The van der Waals surface area contributed by atoms with E-state index in [1.807, 2.05) is 6.92 Å². The van der Waals surface area contributed by atoms with E-state index in [4.69, 9.17) is 5.84 Å². The molecule has 4 heteroatoms. The summed E-state index contributed by atoms with van der Waals surface area (Å²) < 4.78 is 0. The van der Waals surface area contributed by atoms with Crippen LogP contribution >= 0.6 is 0 Å². The van der Waals surface area contributed by atoms with Crippen LogP contribution in [-0.4, -0.2) is 18.5 Å². The van der Waals surface area contributed by atoms with E-state index in [-0.39, 0.29) is 0 Å². The number of nitrogens with two attached hydrogens (primary N) is 1. The second-order valence-electron chi connectivity index (χ2n) is 4.55. The number of nitrogens with zero attached hydrogens (tertiary/aromatic N) is 1. The van der Waals surface area contributed by atoms with E-state index in [0.717, 1.165) is 6.54 Å². The van der Waals surface area contributed by atoms with Crippen LogP contribution in [0, 0.1) is 5.41 Å². The molecule has 0 amide bonds. The lowest BCUT2D eigenvalue weighted by atomic mass is 9.87. The van der Waals surface area contributed by atoms with Gasteiger partial charge in [0.05, 0.1) is 0 Å². The van der Waals surface area contributed by atoms with Crippen molar-refractivity contribution in [2.75, 3.05) is 6.54 Å². The largest absolute Gasteiger partial charge is 0.352 e. The molecule has 0 aromatic carbocycles. The van der Waals surface area contributed by atoms with Crippen LogP contribution in [0.4, 0.5) is 0 Å². The molecule has 1 unspecified atom stereocenters. The summed E-state index contributed by atoms with van der Waals surface area (Å²) in [6, 6.07) is 0.490. The van der Waals surface area contributed by atoms with Crippen LogP contribution in [0.3, 0.4) is 0 Å². The molecule has 14 heavy (non-hydrogen) atoms. The number of hydrogen-bond donors (Lipinski definition) is 3. The molecule has 1 aliphatic carbocycles. The van der Waals surface area contributed by atoms with Crippen molar-refractivity contribution in [2.45, 2.75) is 46.1 Å². The first-order valence-electron chi connectivity index (χ1n) is 5.37. The summed E-state index contributed by atoms with van der Waals surface area (Å²) in [5, 5.41) is 3.37. The highest BCUT2D eigenvalue weighted by molar-refractivity contribution is 5.79. The van der Waals surface area contributed by atoms with Gasteiger partial charge in [-0.25, -0.2) is 5.84 Å². The highest BCUT2D eigenvalue weighted by Crippen LogP contribution is 2.36. The van der Waals surface area contributed by atoms with E-state index in [2.05, 4.69) is 29.6 Å². The third kappa shape index (κ3) is 2.61. The Labute approximate surface area is 86.3 Å². The topological polar surface area (TPSA) is 62.4 Å². The van der Waals surface area contributed by atoms with Crippen LogP contribution in [-0.2, 0) is 0 Å². The van der Waals surface area contributed by atoms with Gasteiger partial charge in [-0.05, 0) is 25.2 Å². The maximum atomic E-state index is 5.38. The second-order valence-corrected chi connectivity index (χ2v) is 4.55. The number of rotatable bonds is 2. The third-order valence-electron chi connectivity index (χ3n) is 3.02. The van der Waals surface area contributed by atoms with Gasteiger partial charge in [-0.3, -0.25) is 10.4 Å². The van der Waals surface area contributed by atoms with E-state index in [1.165, 1.54) is 19.3 Å². The monoisotopic (exact) mass is 198 g/mol. The summed E-state index contributed by atoms with van der Waals surface area (Å²) in [7, 11) is 0. The zero-order chi connectivity index (χ0) is 10.6. The zero-order valence-electron chi connectivity index (χ0n) is 9.43. The molecule has 4 nitrogen and oxygen atoms in total. The predicted octanol–water partition coefficient (Wildman–Crippen LogP) is 0.994. The minimum Gasteiger partial charge on any atom is -0.352 e. The molecule has 0 spiro atoms. The highest BCUT2D eigenvalue weighted by Gasteiger charge is 2.34. The van der Waals surface area contributed by atoms with Crippen LogP contribution in [0.25, 0.3) is 0 Å². The predicted molar refractivity (Wildman–Crippen MR) is 59.9 cm³/mol. The molecule has 1 aliphatic rings. The summed E-state index contributed by atoms with van der Waals surface area (Å²) in [4.78, 5) is 4.24. The third-order valence-corrected chi connectivity index (χ3v) is 3.02. The fourth-order valence-electron chi connectivity index (χ4n) is 2.05. The van der Waals surface area contributed by atoms with Crippen LogP contribution in [0.15, 0.2) is 4.99 Å². The van der Waals surface area contributed by atoms with E-state index in [9.17, 15) is 0 Å². The second kappa shape index (κ2) is 4.64. The van der Waals surface area contributed by atoms with Gasteiger partial charge in [0.15, 0.2) is 0 Å². The first-order chi connectivity index (χ1) is 6.60. The number of nitrogens with one attached hydrogen (secondary N) is 2. The fourth-order valence-corrected chi connectivity index (χ4v) is 2.05. The average Bonchev–Trinajstić information content (AvgIpc) is 2.45. The lowest BCUT2D eigenvalue weighted by Gasteiger charge is -2.28. The minimum absolute atomic E-state index is 0.353. The van der Waals surface area contributed by atoms with E-state index in [0.29, 0.717) is 17.4 Å². The lowest BCUT2D eigenvalue weighted by Crippen LogP contribution is -2.49.